The predicted octanol–water partition coefficient (Wildman–Crippen LogP) is 1.86. The van der Waals surface area contributed by atoms with Gasteiger partial charge in [0, 0.05) is 18.2 Å². The Labute approximate surface area is 105 Å². The van der Waals surface area contributed by atoms with Gasteiger partial charge in [-0.2, -0.15) is 13.2 Å². The van der Waals surface area contributed by atoms with Crippen LogP contribution < -0.4 is 11.1 Å². The number of nitrogens with zero attached hydrogens (tertiary/aromatic N) is 1. The fourth-order valence-corrected chi connectivity index (χ4v) is 1.26. The maximum Gasteiger partial charge on any atom is 0.390 e. The van der Waals surface area contributed by atoms with Crippen LogP contribution in [-0.4, -0.2) is 23.6 Å². The van der Waals surface area contributed by atoms with Gasteiger partial charge in [0.1, 0.15) is 5.69 Å². The first-order valence-electron chi connectivity index (χ1n) is 5.09. The summed E-state index contributed by atoms with van der Waals surface area (Å²) in [5, 5.41) is 12.6. The van der Waals surface area contributed by atoms with Gasteiger partial charge in [0.15, 0.2) is 0 Å². The number of nitrogens with one attached hydrogen (secondary N) is 1. The maximum atomic E-state index is 11.9. The summed E-state index contributed by atoms with van der Waals surface area (Å²) in [6, 6.07) is 3.26. The van der Waals surface area contributed by atoms with Crippen molar-refractivity contribution in [3.63, 3.8) is 0 Å². The lowest BCUT2D eigenvalue weighted by Crippen LogP contribution is -2.27. The number of carbonyl (C=O) groups excluding carboxylic acids is 1. The summed E-state index contributed by atoms with van der Waals surface area (Å²) in [5.41, 5.74) is 4.61. The van der Waals surface area contributed by atoms with Gasteiger partial charge in [0.25, 0.3) is 11.6 Å². The van der Waals surface area contributed by atoms with E-state index in [2.05, 4.69) is 0 Å². The number of benzene rings is 1. The van der Waals surface area contributed by atoms with Crippen LogP contribution in [-0.2, 0) is 0 Å². The molecule has 0 bridgehead atoms. The Bertz CT molecular complexity index is 503. The van der Waals surface area contributed by atoms with E-state index in [1.54, 1.807) is 0 Å². The highest BCUT2D eigenvalue weighted by Crippen LogP contribution is 2.22. The summed E-state index contributed by atoms with van der Waals surface area (Å²) < 4.78 is 35.6. The lowest BCUT2D eigenvalue weighted by Gasteiger charge is -2.08. The van der Waals surface area contributed by atoms with Crippen molar-refractivity contribution in [1.82, 2.24) is 5.32 Å². The molecule has 9 heteroatoms. The van der Waals surface area contributed by atoms with Gasteiger partial charge in [-0.1, -0.05) is 0 Å². The second-order valence-electron chi connectivity index (χ2n) is 3.65. The Balaban J connectivity index is 2.73. The predicted molar refractivity (Wildman–Crippen MR) is 60.5 cm³/mol. The first kappa shape index (κ1) is 14.7. The van der Waals surface area contributed by atoms with E-state index in [-0.39, 0.29) is 11.3 Å². The van der Waals surface area contributed by atoms with Crippen LogP contribution >= 0.6 is 0 Å². The van der Waals surface area contributed by atoms with Gasteiger partial charge < -0.3 is 11.1 Å². The van der Waals surface area contributed by atoms with Crippen molar-refractivity contribution in [3.8, 4) is 0 Å². The van der Waals surface area contributed by atoms with E-state index in [0.717, 1.165) is 12.1 Å². The molecule has 0 aliphatic rings. The van der Waals surface area contributed by atoms with E-state index in [0.29, 0.717) is 0 Å². The van der Waals surface area contributed by atoms with Gasteiger partial charge in [-0.05, 0) is 12.1 Å². The van der Waals surface area contributed by atoms with Crippen molar-refractivity contribution in [2.45, 2.75) is 12.6 Å². The Kier molecular flexibility index (Phi) is 4.30. The average molecular weight is 277 g/mol. The maximum absolute atomic E-state index is 11.9. The quantitative estimate of drug-likeness (QED) is 0.498. The molecule has 0 radical (unpaired) electrons. The molecule has 0 aliphatic heterocycles. The Morgan fingerprint density at radius 3 is 2.58 bits per heavy atom. The first-order valence-corrected chi connectivity index (χ1v) is 5.09. The van der Waals surface area contributed by atoms with Crippen LogP contribution in [0.15, 0.2) is 18.2 Å². The normalized spacial score (nSPS) is 11.1. The van der Waals surface area contributed by atoms with Crippen LogP contribution in [0.5, 0.6) is 0 Å². The number of alkyl halides is 3. The number of hydrogen-bond donors (Lipinski definition) is 2. The topological polar surface area (TPSA) is 98.3 Å². The number of nitrogen functional groups attached to an aromatic ring is 1. The molecule has 3 N–H and O–H groups in total. The molecule has 0 aliphatic carbocycles. The third-order valence-corrected chi connectivity index (χ3v) is 2.18. The average Bonchev–Trinajstić information content (AvgIpc) is 2.27. The highest BCUT2D eigenvalue weighted by Gasteiger charge is 2.26. The first-order chi connectivity index (χ1) is 8.70. The minimum Gasteiger partial charge on any atom is -0.393 e. The molecule has 0 spiro atoms. The van der Waals surface area contributed by atoms with E-state index in [1.807, 2.05) is 5.32 Å². The lowest BCUT2D eigenvalue weighted by atomic mass is 10.1. The molecule has 1 rings (SSSR count). The number of hydrogen-bond acceptors (Lipinski definition) is 4. The van der Waals surface area contributed by atoms with Crippen molar-refractivity contribution in [2.24, 2.45) is 0 Å². The number of halogens is 3. The molecule has 1 amide bonds. The molecule has 104 valence electrons. The van der Waals surface area contributed by atoms with Gasteiger partial charge in [0.2, 0.25) is 0 Å². The summed E-state index contributed by atoms with van der Waals surface area (Å²) in [5.74, 6) is -0.827. The molecular weight excluding hydrogens is 267 g/mol. The number of carbonyl (C=O) groups is 1. The number of nitrogens with two attached hydrogens (primary N) is 1. The lowest BCUT2D eigenvalue weighted by molar-refractivity contribution is -0.383. The van der Waals surface area contributed by atoms with Crippen LogP contribution in [0.25, 0.3) is 0 Å². The molecular formula is C10H10F3N3O3. The van der Waals surface area contributed by atoms with E-state index in [9.17, 15) is 28.1 Å². The van der Waals surface area contributed by atoms with Gasteiger partial charge in [-0.15, -0.1) is 0 Å². The fourth-order valence-electron chi connectivity index (χ4n) is 1.26. The van der Waals surface area contributed by atoms with Crippen LogP contribution in [0.4, 0.5) is 24.5 Å². The molecule has 0 fully saturated rings. The molecule has 0 unspecified atom stereocenters. The van der Waals surface area contributed by atoms with Gasteiger partial charge in [-0.3, -0.25) is 14.9 Å². The zero-order valence-corrected chi connectivity index (χ0v) is 9.53. The molecule has 0 atom stereocenters. The summed E-state index contributed by atoms with van der Waals surface area (Å²) in [7, 11) is 0. The molecule has 0 saturated heterocycles. The SMILES string of the molecule is Nc1ccc(C(=O)NCCC(F)(F)F)cc1[N+](=O)[O-]. The minimum absolute atomic E-state index is 0.122. The largest absolute Gasteiger partial charge is 0.393 e. The number of nitro groups is 1. The second kappa shape index (κ2) is 5.55. The fraction of sp³-hybridized carbons (Fsp3) is 0.300. The van der Waals surface area contributed by atoms with Crippen LogP contribution in [0, 0.1) is 10.1 Å². The number of amides is 1. The summed E-state index contributed by atoms with van der Waals surface area (Å²) in [6.45, 7) is -0.597. The zero-order chi connectivity index (χ0) is 14.6. The number of rotatable bonds is 4. The molecule has 1 aromatic rings. The Morgan fingerprint density at radius 2 is 2.05 bits per heavy atom. The molecule has 19 heavy (non-hydrogen) atoms. The Hall–Kier alpha value is -2.32. The third-order valence-electron chi connectivity index (χ3n) is 2.18. The van der Waals surface area contributed by atoms with Gasteiger partial charge >= 0.3 is 6.18 Å². The highest BCUT2D eigenvalue weighted by molar-refractivity contribution is 5.95. The standard InChI is InChI=1S/C10H10F3N3O3/c11-10(12,13)3-4-15-9(17)6-1-2-7(14)8(5-6)16(18)19/h1-2,5H,3-4,14H2,(H,15,17). The monoisotopic (exact) mass is 277 g/mol. The summed E-state index contributed by atoms with van der Waals surface area (Å²) in [4.78, 5) is 21.3. The van der Waals surface area contributed by atoms with Crippen LogP contribution in [0.1, 0.15) is 16.8 Å². The van der Waals surface area contributed by atoms with E-state index in [4.69, 9.17) is 5.73 Å². The van der Waals surface area contributed by atoms with Gasteiger partial charge in [0.05, 0.1) is 11.3 Å². The van der Waals surface area contributed by atoms with E-state index >= 15 is 0 Å². The van der Waals surface area contributed by atoms with Crippen LogP contribution in [0.3, 0.4) is 0 Å². The van der Waals surface area contributed by atoms with Crippen LogP contribution in [0.2, 0.25) is 0 Å². The number of nitro benzene ring substituents is 1. The van der Waals surface area contributed by atoms with E-state index in [1.165, 1.54) is 6.07 Å². The van der Waals surface area contributed by atoms with Crippen molar-refractivity contribution < 1.29 is 22.9 Å². The number of anilines is 1. The highest BCUT2D eigenvalue weighted by atomic mass is 19.4. The molecule has 0 heterocycles. The zero-order valence-electron chi connectivity index (χ0n) is 9.53. The van der Waals surface area contributed by atoms with Crippen molar-refractivity contribution in [1.29, 1.82) is 0 Å². The molecule has 0 saturated carbocycles. The Morgan fingerprint density at radius 1 is 1.42 bits per heavy atom. The van der Waals surface area contributed by atoms with Crippen molar-refractivity contribution in [2.75, 3.05) is 12.3 Å². The molecule has 1 aromatic carbocycles. The minimum atomic E-state index is -4.37. The van der Waals surface area contributed by atoms with E-state index < -0.39 is 35.7 Å². The second-order valence-corrected chi connectivity index (χ2v) is 3.65. The summed E-state index contributed by atoms with van der Waals surface area (Å²) >= 11 is 0. The third kappa shape index (κ3) is 4.45. The van der Waals surface area contributed by atoms with Gasteiger partial charge in [-0.25, -0.2) is 0 Å². The van der Waals surface area contributed by atoms with Crippen molar-refractivity contribution >= 4 is 17.3 Å². The smallest absolute Gasteiger partial charge is 0.390 e. The summed E-state index contributed by atoms with van der Waals surface area (Å²) in [6.07, 6.45) is -5.55. The van der Waals surface area contributed by atoms with Crippen molar-refractivity contribution in [3.05, 3.63) is 33.9 Å². The molecule has 6 nitrogen and oxygen atoms in total. The molecule has 0 aromatic heterocycles.